The van der Waals surface area contributed by atoms with E-state index in [1.165, 1.54) is 4.90 Å². The predicted molar refractivity (Wildman–Crippen MR) is 110 cm³/mol. The lowest BCUT2D eigenvalue weighted by Crippen LogP contribution is -3.19. The molecule has 2 aromatic rings. The minimum absolute atomic E-state index is 0.0235. The summed E-state index contributed by atoms with van der Waals surface area (Å²) in [5.74, 6) is -0.239. The fraction of sp³-hybridized carbons (Fsp3) is 0.348. The first-order chi connectivity index (χ1) is 14.0. The van der Waals surface area contributed by atoms with Gasteiger partial charge in [-0.3, -0.25) is 14.4 Å². The molecular weight excluding hydrogens is 366 g/mol. The molecule has 0 saturated carbocycles. The molecule has 2 aliphatic rings. The van der Waals surface area contributed by atoms with Crippen LogP contribution in [0.25, 0.3) is 0 Å². The van der Waals surface area contributed by atoms with Crippen LogP contribution >= 0.6 is 0 Å². The zero-order valence-corrected chi connectivity index (χ0v) is 16.9. The molecule has 0 radical (unpaired) electrons. The second-order valence-corrected chi connectivity index (χ2v) is 7.93. The molecule has 3 amide bonds. The van der Waals surface area contributed by atoms with Gasteiger partial charge in [0, 0.05) is 5.56 Å². The number of amides is 3. The summed E-state index contributed by atoms with van der Waals surface area (Å²) < 4.78 is 0. The number of quaternary nitrogens is 1. The first-order valence-electron chi connectivity index (χ1n) is 10.1. The molecule has 0 unspecified atom stereocenters. The summed E-state index contributed by atoms with van der Waals surface area (Å²) in [6.07, 6.45) is 0.230. The maximum atomic E-state index is 13.1. The van der Waals surface area contributed by atoms with E-state index in [2.05, 4.69) is 0 Å². The second-order valence-electron chi connectivity index (χ2n) is 7.93. The van der Waals surface area contributed by atoms with E-state index in [1.807, 2.05) is 67.3 Å². The Hall–Kier alpha value is -2.99. The summed E-state index contributed by atoms with van der Waals surface area (Å²) in [6, 6.07) is 14.7. The molecule has 150 valence electrons. The van der Waals surface area contributed by atoms with E-state index in [0.29, 0.717) is 37.4 Å². The molecule has 1 atom stereocenters. The van der Waals surface area contributed by atoms with Crippen molar-refractivity contribution in [2.75, 3.05) is 31.1 Å². The molecule has 2 fully saturated rings. The number of nitrogens with zero attached hydrogens (tertiary/aromatic N) is 2. The third kappa shape index (κ3) is 3.68. The number of piperazine rings is 1. The fourth-order valence-electron chi connectivity index (χ4n) is 4.37. The average molecular weight is 392 g/mol. The van der Waals surface area contributed by atoms with Crippen molar-refractivity contribution in [3.8, 4) is 0 Å². The Labute approximate surface area is 170 Å². The normalized spacial score (nSPS) is 20.4. The van der Waals surface area contributed by atoms with Gasteiger partial charge >= 0.3 is 0 Å². The summed E-state index contributed by atoms with van der Waals surface area (Å²) in [6.45, 7) is 6.44. The number of hydrogen-bond donors (Lipinski definition) is 1. The number of carbonyl (C=O) groups excluding carboxylic acids is 3. The maximum absolute atomic E-state index is 13.1. The van der Waals surface area contributed by atoms with Crippen molar-refractivity contribution < 1.29 is 19.3 Å². The van der Waals surface area contributed by atoms with Crippen molar-refractivity contribution >= 4 is 23.4 Å². The van der Waals surface area contributed by atoms with E-state index in [-0.39, 0.29) is 30.2 Å². The van der Waals surface area contributed by atoms with Crippen LogP contribution in [0, 0.1) is 13.8 Å². The molecule has 6 heteroatoms. The quantitative estimate of drug-likeness (QED) is 0.792. The average Bonchev–Trinajstić information content (AvgIpc) is 3.02. The molecule has 4 rings (SSSR count). The van der Waals surface area contributed by atoms with E-state index >= 15 is 0 Å². The van der Waals surface area contributed by atoms with Crippen LogP contribution in [-0.4, -0.2) is 54.8 Å². The summed E-state index contributed by atoms with van der Waals surface area (Å²) in [7, 11) is 0. The van der Waals surface area contributed by atoms with E-state index in [9.17, 15) is 14.4 Å². The Bertz CT molecular complexity index is 949. The monoisotopic (exact) mass is 392 g/mol. The molecule has 2 heterocycles. The summed E-state index contributed by atoms with van der Waals surface area (Å²) >= 11 is 0. The Balaban J connectivity index is 1.43. The second kappa shape index (κ2) is 7.79. The van der Waals surface area contributed by atoms with Crippen LogP contribution in [-0.2, 0) is 9.59 Å². The largest absolute Gasteiger partial charge is 0.327 e. The van der Waals surface area contributed by atoms with Gasteiger partial charge in [0.15, 0.2) is 6.04 Å². The lowest BCUT2D eigenvalue weighted by molar-refractivity contribution is -0.918. The van der Waals surface area contributed by atoms with Crippen molar-refractivity contribution in [2.45, 2.75) is 26.3 Å². The van der Waals surface area contributed by atoms with Crippen LogP contribution < -0.4 is 9.80 Å². The van der Waals surface area contributed by atoms with Gasteiger partial charge in [0.1, 0.15) is 0 Å². The highest BCUT2D eigenvalue weighted by Crippen LogP contribution is 2.26. The third-order valence-electron chi connectivity index (χ3n) is 5.95. The number of imide groups is 1. The highest BCUT2D eigenvalue weighted by Gasteiger charge is 2.47. The number of rotatable bonds is 3. The number of anilines is 1. The van der Waals surface area contributed by atoms with E-state index in [1.54, 1.807) is 0 Å². The lowest BCUT2D eigenvalue weighted by atomic mass is 10.1. The molecule has 0 aromatic heterocycles. The minimum atomic E-state index is -0.364. The van der Waals surface area contributed by atoms with Crippen LogP contribution in [0.5, 0.6) is 0 Å². The predicted octanol–water partition coefficient (Wildman–Crippen LogP) is 0.976. The molecule has 2 aliphatic heterocycles. The molecule has 0 bridgehead atoms. The molecule has 2 saturated heterocycles. The SMILES string of the molecule is Cc1ccc(N2C(=O)C[C@@H]([NH+]3CCN(C(=O)c4ccccc4)CC3)C2=O)c(C)c1. The Kier molecular flexibility index (Phi) is 5.20. The minimum Gasteiger partial charge on any atom is -0.327 e. The van der Waals surface area contributed by atoms with Gasteiger partial charge in [-0.25, -0.2) is 4.90 Å². The highest BCUT2D eigenvalue weighted by atomic mass is 16.2. The Morgan fingerprint density at radius 2 is 1.69 bits per heavy atom. The molecule has 0 spiro atoms. The smallest absolute Gasteiger partial charge is 0.292 e. The van der Waals surface area contributed by atoms with Crippen molar-refractivity contribution in [1.82, 2.24) is 4.90 Å². The standard InChI is InChI=1S/C23H25N3O3/c1-16-8-9-19(17(2)14-16)26-21(27)15-20(23(26)29)24-10-12-25(13-11-24)22(28)18-6-4-3-5-7-18/h3-9,14,20H,10-13,15H2,1-2H3/p+1/t20-/m1/s1. The van der Waals surface area contributed by atoms with Gasteiger partial charge in [0.2, 0.25) is 5.91 Å². The van der Waals surface area contributed by atoms with Gasteiger partial charge in [-0.15, -0.1) is 0 Å². The van der Waals surface area contributed by atoms with Crippen molar-refractivity contribution in [3.63, 3.8) is 0 Å². The lowest BCUT2D eigenvalue weighted by Gasteiger charge is -2.34. The van der Waals surface area contributed by atoms with Gasteiger partial charge in [-0.1, -0.05) is 35.9 Å². The van der Waals surface area contributed by atoms with E-state index in [0.717, 1.165) is 16.0 Å². The number of aryl methyl sites for hydroxylation is 2. The van der Waals surface area contributed by atoms with Crippen LogP contribution in [0.2, 0.25) is 0 Å². The first kappa shape index (κ1) is 19.3. The topological polar surface area (TPSA) is 62.1 Å². The number of carbonyl (C=O) groups is 3. The van der Waals surface area contributed by atoms with Gasteiger partial charge in [-0.2, -0.15) is 0 Å². The zero-order chi connectivity index (χ0) is 20.5. The van der Waals surface area contributed by atoms with Gasteiger partial charge in [-0.05, 0) is 37.6 Å². The number of hydrogen-bond acceptors (Lipinski definition) is 3. The molecule has 2 aromatic carbocycles. The maximum Gasteiger partial charge on any atom is 0.292 e. The third-order valence-corrected chi connectivity index (χ3v) is 5.95. The Morgan fingerprint density at radius 1 is 1.00 bits per heavy atom. The van der Waals surface area contributed by atoms with E-state index in [4.69, 9.17) is 0 Å². The number of benzene rings is 2. The van der Waals surface area contributed by atoms with Crippen molar-refractivity contribution in [3.05, 3.63) is 65.2 Å². The summed E-state index contributed by atoms with van der Waals surface area (Å²) in [5, 5.41) is 0. The molecule has 6 nitrogen and oxygen atoms in total. The zero-order valence-electron chi connectivity index (χ0n) is 16.9. The Morgan fingerprint density at radius 3 is 2.34 bits per heavy atom. The van der Waals surface area contributed by atoms with Crippen LogP contribution in [0.3, 0.4) is 0 Å². The molecular formula is C23H26N3O3+. The molecule has 29 heavy (non-hydrogen) atoms. The summed E-state index contributed by atoms with van der Waals surface area (Å²) in [5.41, 5.74) is 3.40. The first-order valence-corrected chi connectivity index (χ1v) is 10.1. The van der Waals surface area contributed by atoms with Crippen LogP contribution in [0.4, 0.5) is 5.69 Å². The van der Waals surface area contributed by atoms with Gasteiger partial charge in [0.25, 0.3) is 11.8 Å². The highest BCUT2D eigenvalue weighted by molar-refractivity contribution is 6.22. The molecule has 1 N–H and O–H groups in total. The number of nitrogens with one attached hydrogen (secondary N) is 1. The van der Waals surface area contributed by atoms with E-state index < -0.39 is 0 Å². The van der Waals surface area contributed by atoms with Gasteiger partial charge < -0.3 is 9.80 Å². The molecule has 0 aliphatic carbocycles. The summed E-state index contributed by atoms with van der Waals surface area (Å²) in [4.78, 5) is 42.7. The van der Waals surface area contributed by atoms with Crippen molar-refractivity contribution in [1.29, 1.82) is 0 Å². The van der Waals surface area contributed by atoms with Crippen molar-refractivity contribution in [2.24, 2.45) is 0 Å². The van der Waals surface area contributed by atoms with Gasteiger partial charge in [0.05, 0.1) is 38.3 Å². The van der Waals surface area contributed by atoms with Crippen LogP contribution in [0.15, 0.2) is 48.5 Å². The fourth-order valence-corrected chi connectivity index (χ4v) is 4.37. The van der Waals surface area contributed by atoms with Crippen LogP contribution in [0.1, 0.15) is 27.9 Å².